The van der Waals surface area contributed by atoms with Gasteiger partial charge in [-0.2, -0.15) is 0 Å². The van der Waals surface area contributed by atoms with Crippen molar-refractivity contribution in [1.82, 2.24) is 15.0 Å². The van der Waals surface area contributed by atoms with Gasteiger partial charge in [-0.1, -0.05) is 0 Å². The molecule has 6 nitrogen and oxygen atoms in total. The zero-order valence-corrected chi connectivity index (χ0v) is 9.59. The Morgan fingerprint density at radius 3 is 3.06 bits per heavy atom. The topological polar surface area (TPSA) is 83.2 Å². The van der Waals surface area contributed by atoms with Gasteiger partial charge in [0.15, 0.2) is 0 Å². The average molecular weight is 245 g/mol. The summed E-state index contributed by atoms with van der Waals surface area (Å²) in [6, 6.07) is 1.52. The number of aromatic nitrogens is 1. The summed E-state index contributed by atoms with van der Waals surface area (Å²) in [4.78, 5) is 2.96. The lowest BCUT2D eigenvalue weighted by Gasteiger charge is -2.23. The minimum absolute atomic E-state index is 0.0949. The molecule has 1 aromatic heterocycles. The van der Waals surface area contributed by atoms with Crippen LogP contribution in [0.5, 0.6) is 0 Å². The third-order valence-corrected chi connectivity index (χ3v) is 3.81. The second kappa shape index (κ2) is 4.96. The Labute approximate surface area is 94.4 Å². The molecule has 1 saturated heterocycles. The third kappa shape index (κ3) is 2.82. The van der Waals surface area contributed by atoms with Crippen LogP contribution in [0, 0.1) is 0 Å². The highest BCUT2D eigenvalue weighted by Crippen LogP contribution is 2.06. The van der Waals surface area contributed by atoms with Gasteiger partial charge in [0.05, 0.1) is 17.6 Å². The van der Waals surface area contributed by atoms with E-state index >= 15 is 0 Å². The first-order valence-corrected chi connectivity index (χ1v) is 6.61. The van der Waals surface area contributed by atoms with Crippen LogP contribution in [0.2, 0.25) is 0 Å². The maximum absolute atomic E-state index is 11.7. The molecular formula is C9H15N3O3S. The van der Waals surface area contributed by atoms with E-state index in [1.165, 1.54) is 12.3 Å². The van der Waals surface area contributed by atoms with E-state index in [-0.39, 0.29) is 11.0 Å². The van der Waals surface area contributed by atoms with E-state index in [1.807, 2.05) is 0 Å². The standard InChI is InChI=1S/C9H15N3O3S/c13-16(14,9-1-2-10-7-9)12-6-8-5-11-3-4-15-8/h1-2,7-8,10-12H,3-6H2. The Bertz CT molecular complexity index is 409. The Kier molecular flexibility index (Phi) is 3.59. The summed E-state index contributed by atoms with van der Waals surface area (Å²) in [7, 11) is -3.41. The molecule has 90 valence electrons. The maximum atomic E-state index is 11.7. The Morgan fingerprint density at radius 1 is 1.56 bits per heavy atom. The number of sulfonamides is 1. The van der Waals surface area contributed by atoms with E-state index in [4.69, 9.17) is 4.74 Å². The van der Waals surface area contributed by atoms with Crippen molar-refractivity contribution in [3.63, 3.8) is 0 Å². The van der Waals surface area contributed by atoms with E-state index in [0.717, 1.165) is 6.54 Å². The van der Waals surface area contributed by atoms with Crippen LogP contribution in [0.4, 0.5) is 0 Å². The molecular weight excluding hydrogens is 230 g/mol. The van der Waals surface area contributed by atoms with Crippen LogP contribution in [0.3, 0.4) is 0 Å². The smallest absolute Gasteiger partial charge is 0.242 e. The predicted octanol–water partition coefficient (Wildman–Crippen LogP) is -0.719. The van der Waals surface area contributed by atoms with Gasteiger partial charge in [-0.25, -0.2) is 13.1 Å². The summed E-state index contributed by atoms with van der Waals surface area (Å²) in [5.41, 5.74) is 0. The number of hydrogen-bond acceptors (Lipinski definition) is 4. The molecule has 0 amide bonds. The zero-order chi connectivity index (χ0) is 11.4. The molecule has 2 heterocycles. The predicted molar refractivity (Wildman–Crippen MR) is 58.6 cm³/mol. The lowest BCUT2D eigenvalue weighted by atomic mass is 10.3. The first kappa shape index (κ1) is 11.6. The van der Waals surface area contributed by atoms with Gasteiger partial charge in [0, 0.05) is 32.0 Å². The van der Waals surface area contributed by atoms with Crippen LogP contribution in [-0.4, -0.2) is 45.7 Å². The van der Waals surface area contributed by atoms with Crippen molar-refractivity contribution < 1.29 is 13.2 Å². The molecule has 1 aromatic rings. The monoisotopic (exact) mass is 245 g/mol. The number of morpholine rings is 1. The minimum atomic E-state index is -3.41. The van der Waals surface area contributed by atoms with E-state index in [0.29, 0.717) is 19.7 Å². The number of hydrogen-bond donors (Lipinski definition) is 3. The molecule has 1 unspecified atom stereocenters. The molecule has 1 atom stereocenters. The molecule has 16 heavy (non-hydrogen) atoms. The number of nitrogens with one attached hydrogen (secondary N) is 3. The summed E-state index contributed by atoms with van der Waals surface area (Å²) in [5.74, 6) is 0. The number of ether oxygens (including phenoxy) is 1. The first-order valence-electron chi connectivity index (χ1n) is 5.13. The van der Waals surface area contributed by atoms with Crippen molar-refractivity contribution in [3.8, 4) is 0 Å². The van der Waals surface area contributed by atoms with Gasteiger partial charge in [0.1, 0.15) is 0 Å². The van der Waals surface area contributed by atoms with Crippen molar-refractivity contribution in [3.05, 3.63) is 18.5 Å². The van der Waals surface area contributed by atoms with E-state index in [2.05, 4.69) is 15.0 Å². The molecule has 2 rings (SSSR count). The lowest BCUT2D eigenvalue weighted by Crippen LogP contribution is -2.45. The molecule has 1 aliphatic heterocycles. The van der Waals surface area contributed by atoms with Crippen molar-refractivity contribution in [2.45, 2.75) is 11.0 Å². The van der Waals surface area contributed by atoms with Crippen LogP contribution in [0.1, 0.15) is 0 Å². The fourth-order valence-electron chi connectivity index (χ4n) is 1.51. The summed E-state index contributed by atoms with van der Waals surface area (Å²) < 4.78 is 31.4. The normalized spacial score (nSPS) is 22.1. The average Bonchev–Trinajstić information content (AvgIpc) is 2.82. The van der Waals surface area contributed by atoms with E-state index < -0.39 is 10.0 Å². The summed E-state index contributed by atoms with van der Waals surface area (Å²) in [5, 5.41) is 3.14. The van der Waals surface area contributed by atoms with Crippen LogP contribution >= 0.6 is 0 Å². The molecule has 0 aliphatic carbocycles. The highest BCUT2D eigenvalue weighted by atomic mass is 32.2. The number of H-pyrrole nitrogens is 1. The second-order valence-corrected chi connectivity index (χ2v) is 5.36. The summed E-state index contributed by atoms with van der Waals surface area (Å²) in [6.07, 6.45) is 2.93. The quantitative estimate of drug-likeness (QED) is 0.654. The molecule has 0 aromatic carbocycles. The Morgan fingerprint density at radius 2 is 2.44 bits per heavy atom. The minimum Gasteiger partial charge on any atom is -0.374 e. The molecule has 0 saturated carbocycles. The van der Waals surface area contributed by atoms with Gasteiger partial charge in [0.25, 0.3) is 0 Å². The fourth-order valence-corrected chi connectivity index (χ4v) is 2.55. The van der Waals surface area contributed by atoms with Gasteiger partial charge in [-0.05, 0) is 6.07 Å². The van der Waals surface area contributed by atoms with Gasteiger partial charge >= 0.3 is 0 Å². The summed E-state index contributed by atoms with van der Waals surface area (Å²) in [6.45, 7) is 2.41. The van der Waals surface area contributed by atoms with Gasteiger partial charge in [-0.15, -0.1) is 0 Å². The van der Waals surface area contributed by atoms with Crippen LogP contribution < -0.4 is 10.0 Å². The van der Waals surface area contributed by atoms with Crippen LogP contribution in [0.25, 0.3) is 0 Å². The highest BCUT2D eigenvalue weighted by Gasteiger charge is 2.18. The second-order valence-electron chi connectivity index (χ2n) is 3.60. The maximum Gasteiger partial charge on any atom is 0.242 e. The van der Waals surface area contributed by atoms with Crippen molar-refractivity contribution in [2.75, 3.05) is 26.2 Å². The molecule has 0 spiro atoms. The van der Waals surface area contributed by atoms with Gasteiger partial charge in [-0.3, -0.25) is 0 Å². The molecule has 7 heteroatoms. The molecule has 3 N–H and O–H groups in total. The van der Waals surface area contributed by atoms with Crippen LogP contribution in [0.15, 0.2) is 23.4 Å². The lowest BCUT2D eigenvalue weighted by molar-refractivity contribution is 0.0324. The van der Waals surface area contributed by atoms with E-state index in [9.17, 15) is 8.42 Å². The van der Waals surface area contributed by atoms with Gasteiger partial charge in [0.2, 0.25) is 10.0 Å². The first-order chi connectivity index (χ1) is 7.68. The fraction of sp³-hybridized carbons (Fsp3) is 0.556. The molecule has 0 radical (unpaired) electrons. The van der Waals surface area contributed by atoms with Crippen molar-refractivity contribution >= 4 is 10.0 Å². The largest absolute Gasteiger partial charge is 0.374 e. The van der Waals surface area contributed by atoms with Crippen LogP contribution in [-0.2, 0) is 14.8 Å². The molecule has 1 fully saturated rings. The zero-order valence-electron chi connectivity index (χ0n) is 8.77. The highest BCUT2D eigenvalue weighted by molar-refractivity contribution is 7.89. The van der Waals surface area contributed by atoms with Gasteiger partial charge < -0.3 is 15.0 Å². The van der Waals surface area contributed by atoms with Crippen molar-refractivity contribution in [2.24, 2.45) is 0 Å². The number of aromatic amines is 1. The Hall–Kier alpha value is -0.890. The van der Waals surface area contributed by atoms with Crippen molar-refractivity contribution in [1.29, 1.82) is 0 Å². The molecule has 0 bridgehead atoms. The Balaban J connectivity index is 1.89. The molecule has 1 aliphatic rings. The van der Waals surface area contributed by atoms with E-state index in [1.54, 1.807) is 6.20 Å². The summed E-state index contributed by atoms with van der Waals surface area (Å²) >= 11 is 0. The SMILES string of the molecule is O=S(=O)(NCC1CNCCO1)c1cc[nH]c1. The third-order valence-electron chi connectivity index (χ3n) is 2.39. The number of rotatable bonds is 4.